The van der Waals surface area contributed by atoms with Crippen LogP contribution < -0.4 is 5.73 Å². The highest BCUT2D eigenvalue weighted by atomic mass is 16.2. The standard InChI is InChI=1S/C30H33N3O2/c1-21(31)24-13-8-14-25(17-24)29(34)33-20-27(23-11-6-3-7-12-23)18-28(33)30(35)32-16-15-26(19-32)22-9-4-2-5-10-22/h2-14,17,21,26-28H,15-16,18-20,31H2,1H3. The Hall–Kier alpha value is -3.44. The van der Waals surface area contributed by atoms with Crippen LogP contribution in [-0.4, -0.2) is 47.3 Å². The van der Waals surface area contributed by atoms with Crippen LogP contribution >= 0.6 is 0 Å². The molecule has 0 aliphatic carbocycles. The molecule has 5 rings (SSSR count). The number of carbonyl (C=O) groups excluding carboxylic acids is 2. The number of likely N-dealkylation sites (tertiary alicyclic amines) is 2. The van der Waals surface area contributed by atoms with Crippen molar-refractivity contribution < 1.29 is 9.59 Å². The summed E-state index contributed by atoms with van der Waals surface area (Å²) < 4.78 is 0. The highest BCUT2D eigenvalue weighted by molar-refractivity contribution is 5.98. The molecule has 0 radical (unpaired) electrons. The van der Waals surface area contributed by atoms with E-state index in [-0.39, 0.29) is 23.8 Å². The summed E-state index contributed by atoms with van der Waals surface area (Å²) in [4.78, 5) is 31.3. The van der Waals surface area contributed by atoms with Gasteiger partial charge in [0, 0.05) is 43.1 Å². The maximum absolute atomic E-state index is 13.8. The van der Waals surface area contributed by atoms with E-state index in [1.165, 1.54) is 11.1 Å². The van der Waals surface area contributed by atoms with Crippen molar-refractivity contribution in [1.29, 1.82) is 0 Å². The first-order valence-electron chi connectivity index (χ1n) is 12.6. The minimum Gasteiger partial charge on any atom is -0.340 e. The zero-order chi connectivity index (χ0) is 24.4. The van der Waals surface area contributed by atoms with Crippen molar-refractivity contribution in [3.05, 3.63) is 107 Å². The zero-order valence-electron chi connectivity index (χ0n) is 20.2. The molecular formula is C30H33N3O2. The second-order valence-electron chi connectivity index (χ2n) is 9.91. The lowest BCUT2D eigenvalue weighted by molar-refractivity contribution is -0.134. The molecule has 5 nitrogen and oxygen atoms in total. The van der Waals surface area contributed by atoms with Crippen molar-refractivity contribution in [2.45, 2.75) is 43.7 Å². The maximum atomic E-state index is 13.8. The molecule has 5 heteroatoms. The maximum Gasteiger partial charge on any atom is 0.254 e. The van der Waals surface area contributed by atoms with Crippen LogP contribution in [0.25, 0.3) is 0 Å². The molecule has 4 unspecified atom stereocenters. The first kappa shape index (κ1) is 23.3. The number of nitrogens with two attached hydrogens (primary N) is 1. The highest BCUT2D eigenvalue weighted by Gasteiger charge is 2.43. The summed E-state index contributed by atoms with van der Waals surface area (Å²) in [7, 11) is 0. The molecule has 0 saturated carbocycles. The molecule has 0 bridgehead atoms. The summed E-state index contributed by atoms with van der Waals surface area (Å²) in [6.07, 6.45) is 1.60. The molecule has 3 aromatic rings. The molecule has 2 N–H and O–H groups in total. The molecule has 2 fully saturated rings. The Bertz CT molecular complexity index is 1180. The first-order chi connectivity index (χ1) is 17.0. The minimum atomic E-state index is -0.457. The van der Waals surface area contributed by atoms with Gasteiger partial charge in [0.15, 0.2) is 0 Å². The third kappa shape index (κ3) is 4.87. The van der Waals surface area contributed by atoms with E-state index in [0.717, 1.165) is 18.5 Å². The van der Waals surface area contributed by atoms with Gasteiger partial charge in [-0.15, -0.1) is 0 Å². The third-order valence-corrected chi connectivity index (χ3v) is 7.55. The fraction of sp³-hybridized carbons (Fsp3) is 0.333. The molecule has 2 heterocycles. The Morgan fingerprint density at radius 1 is 0.857 bits per heavy atom. The largest absolute Gasteiger partial charge is 0.340 e. The van der Waals surface area contributed by atoms with Crippen molar-refractivity contribution in [2.75, 3.05) is 19.6 Å². The number of rotatable bonds is 5. The average molecular weight is 468 g/mol. The molecule has 2 aliphatic rings. The van der Waals surface area contributed by atoms with E-state index < -0.39 is 6.04 Å². The van der Waals surface area contributed by atoms with Gasteiger partial charge in [-0.3, -0.25) is 9.59 Å². The van der Waals surface area contributed by atoms with Crippen molar-refractivity contribution in [3.8, 4) is 0 Å². The Morgan fingerprint density at radius 2 is 1.51 bits per heavy atom. The van der Waals surface area contributed by atoms with E-state index in [9.17, 15) is 9.59 Å². The quantitative estimate of drug-likeness (QED) is 0.590. The normalized spacial score (nSPS) is 22.9. The summed E-state index contributed by atoms with van der Waals surface area (Å²) in [5.74, 6) is 0.457. The Kier molecular flexibility index (Phi) is 6.69. The van der Waals surface area contributed by atoms with Gasteiger partial charge < -0.3 is 15.5 Å². The Labute approximate surface area is 207 Å². The van der Waals surface area contributed by atoms with Gasteiger partial charge in [0.2, 0.25) is 5.91 Å². The molecule has 35 heavy (non-hydrogen) atoms. The first-order valence-corrected chi connectivity index (χ1v) is 12.6. The van der Waals surface area contributed by atoms with Crippen LogP contribution in [0, 0.1) is 0 Å². The van der Waals surface area contributed by atoms with Gasteiger partial charge in [-0.1, -0.05) is 72.8 Å². The number of hydrogen-bond donors (Lipinski definition) is 1. The van der Waals surface area contributed by atoms with Crippen LogP contribution in [0.15, 0.2) is 84.9 Å². The molecule has 2 amide bonds. The Balaban J connectivity index is 1.40. The van der Waals surface area contributed by atoms with Crippen molar-refractivity contribution in [3.63, 3.8) is 0 Å². The fourth-order valence-corrected chi connectivity index (χ4v) is 5.55. The van der Waals surface area contributed by atoms with Gasteiger partial charge in [0.1, 0.15) is 6.04 Å². The van der Waals surface area contributed by atoms with Crippen LogP contribution in [0.3, 0.4) is 0 Å². The second kappa shape index (κ2) is 10.0. The average Bonchev–Trinajstić information content (AvgIpc) is 3.57. The van der Waals surface area contributed by atoms with Crippen LogP contribution in [-0.2, 0) is 4.79 Å². The van der Waals surface area contributed by atoms with Crippen LogP contribution in [0.2, 0.25) is 0 Å². The molecule has 2 saturated heterocycles. The zero-order valence-corrected chi connectivity index (χ0v) is 20.2. The van der Waals surface area contributed by atoms with Gasteiger partial charge in [0.05, 0.1) is 0 Å². The van der Waals surface area contributed by atoms with E-state index in [2.05, 4.69) is 36.4 Å². The van der Waals surface area contributed by atoms with Crippen LogP contribution in [0.1, 0.15) is 64.7 Å². The summed E-state index contributed by atoms with van der Waals surface area (Å²) in [6.45, 7) is 3.88. The number of hydrogen-bond acceptors (Lipinski definition) is 3. The summed E-state index contributed by atoms with van der Waals surface area (Å²) in [5.41, 5.74) is 10.0. The highest BCUT2D eigenvalue weighted by Crippen LogP contribution is 2.36. The predicted molar refractivity (Wildman–Crippen MR) is 138 cm³/mol. The van der Waals surface area contributed by atoms with Crippen molar-refractivity contribution in [1.82, 2.24) is 9.80 Å². The molecular weight excluding hydrogens is 434 g/mol. The summed E-state index contributed by atoms with van der Waals surface area (Å²) in [5, 5.41) is 0. The molecule has 0 aromatic heterocycles. The number of benzene rings is 3. The lowest BCUT2D eigenvalue weighted by atomic mass is 9.96. The summed E-state index contributed by atoms with van der Waals surface area (Å²) >= 11 is 0. The molecule has 180 valence electrons. The van der Waals surface area contributed by atoms with Gasteiger partial charge in [-0.2, -0.15) is 0 Å². The predicted octanol–water partition coefficient (Wildman–Crippen LogP) is 4.72. The van der Waals surface area contributed by atoms with Gasteiger partial charge in [-0.25, -0.2) is 0 Å². The van der Waals surface area contributed by atoms with E-state index >= 15 is 0 Å². The summed E-state index contributed by atoms with van der Waals surface area (Å²) in [6, 6.07) is 27.5. The molecule has 4 atom stereocenters. The van der Waals surface area contributed by atoms with Gasteiger partial charge in [0.25, 0.3) is 5.91 Å². The topological polar surface area (TPSA) is 66.6 Å². The van der Waals surface area contributed by atoms with E-state index in [1.807, 2.05) is 60.4 Å². The third-order valence-electron chi connectivity index (χ3n) is 7.55. The fourth-order valence-electron chi connectivity index (χ4n) is 5.55. The lowest BCUT2D eigenvalue weighted by Gasteiger charge is -2.28. The van der Waals surface area contributed by atoms with Gasteiger partial charge in [-0.05, 0) is 48.6 Å². The number of carbonyl (C=O) groups is 2. The van der Waals surface area contributed by atoms with E-state index in [4.69, 9.17) is 5.73 Å². The Morgan fingerprint density at radius 3 is 2.17 bits per heavy atom. The second-order valence-corrected chi connectivity index (χ2v) is 9.91. The van der Waals surface area contributed by atoms with Crippen molar-refractivity contribution >= 4 is 11.8 Å². The number of amides is 2. The molecule has 0 spiro atoms. The SMILES string of the molecule is CC(N)c1cccc(C(=O)N2CC(c3ccccc3)CC2C(=O)N2CCC(c3ccccc3)C2)c1. The van der Waals surface area contributed by atoms with Crippen LogP contribution in [0.5, 0.6) is 0 Å². The van der Waals surface area contributed by atoms with Gasteiger partial charge >= 0.3 is 0 Å². The number of nitrogens with zero attached hydrogens (tertiary/aromatic N) is 2. The van der Waals surface area contributed by atoms with E-state index in [1.54, 1.807) is 4.90 Å². The molecule has 3 aromatic carbocycles. The lowest BCUT2D eigenvalue weighted by Crippen LogP contribution is -2.47. The minimum absolute atomic E-state index is 0.0681. The molecule has 2 aliphatic heterocycles. The van der Waals surface area contributed by atoms with Crippen molar-refractivity contribution in [2.24, 2.45) is 5.73 Å². The van der Waals surface area contributed by atoms with Crippen LogP contribution in [0.4, 0.5) is 0 Å². The smallest absolute Gasteiger partial charge is 0.254 e. The van der Waals surface area contributed by atoms with E-state index in [0.29, 0.717) is 31.0 Å². The monoisotopic (exact) mass is 467 g/mol.